The Labute approximate surface area is 182 Å². The number of aromatic amines is 1. The number of hydrogen-bond donors (Lipinski definition) is 1. The SMILES string of the molecule is [2H]c1c([2H])c(C2c3[nH]c4ccccc4c3C([2H])([2H])[C@]3([2H])C(=O)N(C([2H])([2H])[2H])C([2H])([2H])C(=O)N23)c([2H])c2c1OCO2. The highest BCUT2D eigenvalue weighted by molar-refractivity contribution is 5.97. The number of hydrogen-bond acceptors (Lipinski definition) is 4. The minimum atomic E-state index is -3.57. The van der Waals surface area contributed by atoms with Crippen molar-refractivity contribution in [2.75, 3.05) is 20.3 Å². The summed E-state index contributed by atoms with van der Waals surface area (Å²) in [6, 6.07) is -0.877. The first-order valence-corrected chi connectivity index (χ1v) is 8.67. The largest absolute Gasteiger partial charge is 0.454 e. The quantitative estimate of drug-likeness (QED) is 0.680. The molecule has 6 rings (SSSR count). The Balaban J connectivity index is 1.78. The number of carbonyl (C=O) groups excluding carboxylic acids is 2. The van der Waals surface area contributed by atoms with E-state index >= 15 is 0 Å². The molecule has 2 aromatic carbocycles. The lowest BCUT2D eigenvalue weighted by molar-refractivity contribution is -0.157. The zero-order valence-corrected chi connectivity index (χ0v) is 14.6. The average Bonchev–Trinajstić information content (AvgIpc) is 3.49. The van der Waals surface area contributed by atoms with Gasteiger partial charge in [0.15, 0.2) is 11.5 Å². The van der Waals surface area contributed by atoms with Gasteiger partial charge in [0.05, 0.1) is 20.8 Å². The van der Waals surface area contributed by atoms with Gasteiger partial charge in [-0.15, -0.1) is 0 Å². The van der Waals surface area contributed by atoms with Crippen molar-refractivity contribution >= 4 is 22.7 Å². The van der Waals surface area contributed by atoms with Gasteiger partial charge in [-0.1, -0.05) is 24.2 Å². The lowest BCUT2D eigenvalue weighted by Gasteiger charge is -2.46. The monoisotopic (exact) mass is 400 g/mol. The molecule has 3 aliphatic rings. The first-order chi connectivity index (χ1) is 18.5. The number of nitrogens with zero attached hydrogens (tertiary/aromatic N) is 2. The maximum absolute atomic E-state index is 13.9. The van der Waals surface area contributed by atoms with E-state index in [4.69, 9.17) is 23.2 Å². The fourth-order valence-corrected chi connectivity index (χ4v) is 3.77. The molecule has 4 heterocycles. The van der Waals surface area contributed by atoms with E-state index in [1.165, 1.54) is 6.07 Å². The number of benzene rings is 2. The molecular formula is C22H19N3O4. The highest BCUT2D eigenvalue weighted by Gasteiger charge is 2.47. The minimum Gasteiger partial charge on any atom is -0.454 e. The number of nitrogens with one attached hydrogen (secondary N) is 1. The van der Waals surface area contributed by atoms with Gasteiger partial charge in [0, 0.05) is 36.8 Å². The summed E-state index contributed by atoms with van der Waals surface area (Å²) in [7, 11) is 0. The van der Waals surface area contributed by atoms with Gasteiger partial charge in [-0.05, 0) is 29.3 Å². The van der Waals surface area contributed by atoms with Crippen LogP contribution in [-0.2, 0) is 16.0 Å². The molecule has 1 unspecified atom stereocenters. The standard InChI is InChI=1S/C22H19N3O4/c1-24-10-19(26)25-16(22(24)27)9-14-13-4-2-3-5-15(13)23-20(14)21(25)12-6-7-17-18(8-12)29-11-28-17/h2-8,16,21,23H,9-11H2,1H3/t16-,21?/m1/s1/i1D3,6D,7D,8D,9D2,10D2,16D. The van der Waals surface area contributed by atoms with E-state index in [2.05, 4.69) is 4.98 Å². The third kappa shape index (κ3) is 2.24. The van der Waals surface area contributed by atoms with Crippen LogP contribution >= 0.6 is 0 Å². The van der Waals surface area contributed by atoms with Crippen molar-refractivity contribution < 1.29 is 34.1 Å². The van der Waals surface area contributed by atoms with Gasteiger partial charge in [-0.25, -0.2) is 0 Å². The van der Waals surface area contributed by atoms with Crippen molar-refractivity contribution in [3.63, 3.8) is 0 Å². The molecule has 0 radical (unpaired) electrons. The van der Waals surface area contributed by atoms with Crippen molar-refractivity contribution in [3.8, 4) is 11.5 Å². The highest BCUT2D eigenvalue weighted by Crippen LogP contribution is 2.44. The van der Waals surface area contributed by atoms with Gasteiger partial charge < -0.3 is 24.3 Å². The molecule has 2 amide bonds. The molecule has 0 bridgehead atoms. The Kier molecular flexibility index (Phi) is 1.77. The van der Waals surface area contributed by atoms with Crippen LogP contribution in [0.25, 0.3) is 10.9 Å². The Morgan fingerprint density at radius 2 is 2.14 bits per heavy atom. The van der Waals surface area contributed by atoms with Crippen LogP contribution in [0.3, 0.4) is 0 Å². The number of fused-ring (bicyclic) bond motifs is 5. The number of ether oxygens (including phenoxy) is 2. The molecule has 7 nitrogen and oxygen atoms in total. The fourth-order valence-electron chi connectivity index (χ4n) is 3.77. The highest BCUT2D eigenvalue weighted by atomic mass is 16.7. The van der Waals surface area contributed by atoms with Crippen molar-refractivity contribution in [2.45, 2.75) is 18.4 Å². The molecule has 3 aliphatic heterocycles. The molecule has 146 valence electrons. The summed E-state index contributed by atoms with van der Waals surface area (Å²) >= 11 is 0. The normalized spacial score (nSPS) is 34.8. The summed E-state index contributed by atoms with van der Waals surface area (Å²) in [5, 5.41) is 0.179. The van der Waals surface area contributed by atoms with Gasteiger partial charge in [0.25, 0.3) is 0 Å². The lowest BCUT2D eigenvalue weighted by Crippen LogP contribution is -2.62. The molecular weight excluding hydrogens is 370 g/mol. The Bertz CT molecular complexity index is 1650. The lowest BCUT2D eigenvalue weighted by atomic mass is 9.86. The van der Waals surface area contributed by atoms with E-state index in [1.54, 1.807) is 18.2 Å². The van der Waals surface area contributed by atoms with Gasteiger partial charge in [-0.2, -0.15) is 0 Å². The van der Waals surface area contributed by atoms with E-state index in [9.17, 15) is 11.0 Å². The molecule has 1 fully saturated rings. The van der Waals surface area contributed by atoms with E-state index in [1.807, 2.05) is 0 Å². The summed E-state index contributed by atoms with van der Waals surface area (Å²) in [5.41, 5.74) is -0.649. The maximum Gasteiger partial charge on any atom is 0.245 e. The number of aromatic nitrogens is 1. The van der Waals surface area contributed by atoms with Crippen molar-refractivity contribution in [1.29, 1.82) is 0 Å². The van der Waals surface area contributed by atoms with Crippen LogP contribution in [0.4, 0.5) is 0 Å². The Morgan fingerprint density at radius 3 is 3.03 bits per heavy atom. The number of amides is 2. The molecule has 2 atom stereocenters. The Morgan fingerprint density at radius 1 is 1.28 bits per heavy atom. The van der Waals surface area contributed by atoms with Crippen LogP contribution < -0.4 is 9.47 Å². The smallest absolute Gasteiger partial charge is 0.245 e. The van der Waals surface area contributed by atoms with Gasteiger partial charge in [0.2, 0.25) is 18.6 Å². The minimum absolute atomic E-state index is 0.173. The van der Waals surface area contributed by atoms with Gasteiger partial charge >= 0.3 is 0 Å². The third-order valence-corrected chi connectivity index (χ3v) is 5.03. The molecule has 0 saturated carbocycles. The molecule has 29 heavy (non-hydrogen) atoms. The van der Waals surface area contributed by atoms with Crippen LogP contribution in [0.5, 0.6) is 11.5 Å². The summed E-state index contributed by atoms with van der Waals surface area (Å²) < 4.78 is 104. The van der Waals surface area contributed by atoms with Crippen LogP contribution in [0.15, 0.2) is 42.4 Å². The molecule has 1 N–H and O–H groups in total. The molecule has 0 spiro atoms. The van der Waals surface area contributed by atoms with E-state index < -0.39 is 72.3 Å². The van der Waals surface area contributed by atoms with Crippen LogP contribution in [0.2, 0.25) is 0 Å². The number of H-pyrrole nitrogens is 1. The predicted octanol–water partition coefficient (Wildman–Crippen LogP) is 2.21. The summed E-state index contributed by atoms with van der Waals surface area (Å²) in [6.45, 7) is -7.52. The summed E-state index contributed by atoms with van der Waals surface area (Å²) in [6.07, 6.45) is -3.13. The third-order valence-electron chi connectivity index (χ3n) is 5.03. The molecule has 0 aliphatic carbocycles. The van der Waals surface area contributed by atoms with E-state index in [0.717, 1.165) is 0 Å². The predicted molar refractivity (Wildman–Crippen MR) is 105 cm³/mol. The van der Waals surface area contributed by atoms with Crippen LogP contribution in [0.1, 0.15) is 37.9 Å². The maximum atomic E-state index is 13.9. The molecule has 3 aromatic rings. The zero-order chi connectivity index (χ0) is 29.3. The van der Waals surface area contributed by atoms with E-state index in [-0.39, 0.29) is 39.8 Å². The first kappa shape index (κ1) is 8.90. The van der Waals surface area contributed by atoms with Crippen molar-refractivity contribution in [2.24, 2.45) is 0 Å². The summed E-state index contributed by atoms with van der Waals surface area (Å²) in [5.74, 6) is -4.09. The molecule has 7 heteroatoms. The number of likely N-dealkylation sites (N-methyl/N-ethyl adjacent to an activating group) is 1. The van der Waals surface area contributed by atoms with Gasteiger partial charge in [0.1, 0.15) is 6.02 Å². The van der Waals surface area contributed by atoms with Gasteiger partial charge in [-0.3, -0.25) is 9.59 Å². The average molecular weight is 400 g/mol. The number of rotatable bonds is 1. The van der Waals surface area contributed by atoms with E-state index in [0.29, 0.717) is 5.52 Å². The second kappa shape index (κ2) is 5.76. The van der Waals surface area contributed by atoms with Crippen molar-refractivity contribution in [3.05, 3.63) is 59.2 Å². The molecule has 1 aromatic heterocycles. The summed E-state index contributed by atoms with van der Waals surface area (Å²) in [4.78, 5) is 30.6. The fraction of sp³-hybridized carbons (Fsp3) is 0.273. The second-order valence-corrected chi connectivity index (χ2v) is 6.62. The van der Waals surface area contributed by atoms with Crippen molar-refractivity contribution in [1.82, 2.24) is 14.8 Å². The topological polar surface area (TPSA) is 74.9 Å². The number of piperazine rings is 1. The van der Waals surface area contributed by atoms with Crippen LogP contribution in [-0.4, -0.2) is 52.9 Å². The first-order valence-electron chi connectivity index (χ1n) is 14.2. The zero-order valence-electron chi connectivity index (χ0n) is 25.6. The second-order valence-electron chi connectivity index (χ2n) is 6.62. The molecule has 1 saturated heterocycles. The number of para-hydroxylation sites is 1. The Hall–Kier alpha value is -3.48. The van der Waals surface area contributed by atoms with Crippen LogP contribution in [0, 0.1) is 0 Å². The number of carbonyl (C=O) groups is 2.